The lowest BCUT2D eigenvalue weighted by molar-refractivity contribution is 0.0668. The lowest BCUT2D eigenvalue weighted by Gasteiger charge is -2.51. The van der Waals surface area contributed by atoms with E-state index in [1.54, 1.807) is 0 Å². The second kappa shape index (κ2) is 15.2. The van der Waals surface area contributed by atoms with E-state index in [1.807, 2.05) is 0 Å². The number of hydrogen-bond donors (Lipinski definition) is 0. The van der Waals surface area contributed by atoms with Crippen LogP contribution in [0.5, 0.6) is 0 Å². The van der Waals surface area contributed by atoms with Crippen molar-refractivity contribution in [3.8, 4) is 44.5 Å². The molecule has 16 rings (SSSR count). The maximum absolute atomic E-state index is 7.16. The first-order chi connectivity index (χ1) is 36.2. The van der Waals surface area contributed by atoms with Gasteiger partial charge in [-0.2, -0.15) is 0 Å². The molecule has 9 aromatic rings. The van der Waals surface area contributed by atoms with Crippen molar-refractivity contribution in [2.45, 2.75) is 133 Å². The average Bonchev–Trinajstić information content (AvgIpc) is 4.33. The summed E-state index contributed by atoms with van der Waals surface area (Å²) in [7, 11) is 0. The summed E-state index contributed by atoms with van der Waals surface area (Å²) in [5, 5.41) is 2.38. The van der Waals surface area contributed by atoms with E-state index in [1.165, 1.54) is 172 Å². The highest BCUT2D eigenvalue weighted by atomic mass is 16.3. The van der Waals surface area contributed by atoms with Gasteiger partial charge in [-0.05, 0) is 179 Å². The minimum atomic E-state index is -0.542. The van der Waals surface area contributed by atoms with Crippen molar-refractivity contribution in [2.24, 2.45) is 11.3 Å². The fourth-order valence-corrected chi connectivity index (χ4v) is 18.1. The van der Waals surface area contributed by atoms with E-state index >= 15 is 0 Å². The van der Waals surface area contributed by atoms with Gasteiger partial charge < -0.3 is 14.2 Å². The molecule has 5 aliphatic carbocycles. The van der Waals surface area contributed by atoms with Crippen molar-refractivity contribution < 1.29 is 4.42 Å². The van der Waals surface area contributed by atoms with E-state index in [9.17, 15) is 0 Å². The van der Waals surface area contributed by atoms with Gasteiger partial charge in [-0.25, -0.2) is 0 Å². The molecule has 366 valence electrons. The first-order valence-corrected chi connectivity index (χ1v) is 28.4. The molecule has 0 amide bonds. The van der Waals surface area contributed by atoms with Gasteiger partial charge >= 0.3 is 0 Å². The minimum Gasteiger partial charge on any atom is -0.455 e. The number of nitrogens with zero attached hydrogens (tertiary/aromatic N) is 2. The van der Waals surface area contributed by atoms with Crippen LogP contribution >= 0.6 is 0 Å². The number of hydrogen-bond acceptors (Lipinski definition) is 3. The number of rotatable bonds is 4. The van der Waals surface area contributed by atoms with Crippen molar-refractivity contribution in [2.75, 3.05) is 9.80 Å². The largest absolute Gasteiger partial charge is 0.455 e. The smallest absolute Gasteiger partial charge is 0.143 e. The lowest BCUT2D eigenvalue weighted by Crippen LogP contribution is -2.54. The molecule has 1 saturated heterocycles. The molecule has 0 radical (unpaired) electrons. The summed E-state index contributed by atoms with van der Waals surface area (Å²) >= 11 is 0. The zero-order valence-corrected chi connectivity index (χ0v) is 43.6. The molecule has 6 unspecified atom stereocenters. The fraction of sp³-hybridized carbons (Fsp3) is 0.324. The number of furan rings is 1. The third kappa shape index (κ3) is 5.29. The fourth-order valence-electron chi connectivity index (χ4n) is 18.1. The predicted molar refractivity (Wildman–Crippen MR) is 307 cm³/mol. The van der Waals surface area contributed by atoms with Crippen LogP contribution in [0.1, 0.15) is 133 Å². The van der Waals surface area contributed by atoms with Crippen LogP contribution < -0.4 is 9.80 Å². The van der Waals surface area contributed by atoms with Gasteiger partial charge in [0.15, 0.2) is 0 Å². The number of benzene rings is 8. The topological polar surface area (TPSA) is 19.6 Å². The maximum Gasteiger partial charge on any atom is 0.143 e. The van der Waals surface area contributed by atoms with Crippen molar-refractivity contribution in [3.63, 3.8) is 0 Å². The first kappa shape index (κ1) is 43.5. The van der Waals surface area contributed by atoms with Gasteiger partial charge in [-0.15, -0.1) is 0 Å². The average molecular weight is 963 g/mol. The Morgan fingerprint density at radius 3 is 1.86 bits per heavy atom. The number of fused-ring (bicyclic) bond motifs is 20. The molecular formula is C71H66N2O. The molecule has 3 heteroatoms. The Balaban J connectivity index is 0.882. The van der Waals surface area contributed by atoms with Crippen molar-refractivity contribution in [1.29, 1.82) is 0 Å². The summed E-state index contributed by atoms with van der Waals surface area (Å²) in [6.45, 7) is 10.4. The molecule has 74 heavy (non-hydrogen) atoms. The molecule has 1 spiro atoms. The molecule has 2 aliphatic heterocycles. The SMILES string of the molecule is CC12CCCCC1(C)N(c1ccc(-c3cc4c(c5c3oc3ccccc35)-c3ccc(-c5ccc(N6C7CCCCC7C7(C)CCCCC67C)cc5)cc3C43c4ccccc4-c4ccccc43)cc1)c1ccccc12. The Kier molecular flexibility index (Phi) is 8.92. The van der Waals surface area contributed by atoms with Crippen LogP contribution in [0.25, 0.3) is 66.4 Å². The van der Waals surface area contributed by atoms with Gasteiger partial charge in [0.25, 0.3) is 0 Å². The van der Waals surface area contributed by atoms with E-state index < -0.39 is 5.41 Å². The van der Waals surface area contributed by atoms with Gasteiger partial charge in [0.2, 0.25) is 0 Å². The second-order valence-corrected chi connectivity index (χ2v) is 24.7. The lowest BCUT2D eigenvalue weighted by atomic mass is 9.57. The third-order valence-electron chi connectivity index (χ3n) is 21.9. The second-order valence-electron chi connectivity index (χ2n) is 24.7. The standard InChI is InChI=1S/C71H66N2O/c1-67-39-15-17-41-69(67,3)72(61-26-12-10-24-57(61)67)48-34-29-45(30-35-48)47-33-38-52-59(43-47)71(55-22-8-5-19-50(55)51-20-6-9-23-56(51)71)60-44-54(66-65(64(52)60)53-21-7-14-28-63(53)74-66)46-31-36-49(37-32-46)73-62-27-13-11-25-58(62)68(2)40-16-18-42-70(68,73)4/h5-9,11,13-14,19-23,25,27-38,43-44,57,61H,10,12,15-18,24,26,39-42H2,1-4H3. The van der Waals surface area contributed by atoms with Crippen LogP contribution in [0.4, 0.5) is 17.1 Å². The number of anilines is 3. The summed E-state index contributed by atoms with van der Waals surface area (Å²) in [4.78, 5) is 5.64. The van der Waals surface area contributed by atoms with Gasteiger partial charge in [0.05, 0.1) is 11.0 Å². The Hall–Kier alpha value is -6.84. The number of para-hydroxylation sites is 2. The Labute approximate surface area is 437 Å². The van der Waals surface area contributed by atoms with E-state index in [4.69, 9.17) is 4.42 Å². The van der Waals surface area contributed by atoms with E-state index in [0.29, 0.717) is 11.5 Å². The van der Waals surface area contributed by atoms with Crippen molar-refractivity contribution in [3.05, 3.63) is 198 Å². The van der Waals surface area contributed by atoms with Crippen molar-refractivity contribution in [1.82, 2.24) is 0 Å². The molecule has 3 saturated carbocycles. The highest BCUT2D eigenvalue weighted by Crippen LogP contribution is 2.67. The van der Waals surface area contributed by atoms with Gasteiger partial charge in [0, 0.05) is 50.4 Å². The molecular weight excluding hydrogens is 897 g/mol. The molecule has 7 aliphatic rings. The molecule has 0 bridgehead atoms. The zero-order valence-electron chi connectivity index (χ0n) is 43.6. The molecule has 6 atom stereocenters. The third-order valence-corrected chi connectivity index (χ3v) is 21.9. The van der Waals surface area contributed by atoms with Crippen LogP contribution in [0.15, 0.2) is 174 Å². The Bertz CT molecular complexity index is 3760. The van der Waals surface area contributed by atoms with Crippen LogP contribution in [-0.4, -0.2) is 17.1 Å². The predicted octanol–water partition coefficient (Wildman–Crippen LogP) is 18.7. The molecule has 8 aromatic carbocycles. The van der Waals surface area contributed by atoms with E-state index in [-0.39, 0.29) is 16.5 Å². The maximum atomic E-state index is 7.16. The van der Waals surface area contributed by atoms with Gasteiger partial charge in [0.1, 0.15) is 11.2 Å². The minimum absolute atomic E-state index is 0.000235. The summed E-state index contributed by atoms with van der Waals surface area (Å²) in [6.07, 6.45) is 15.8. The highest BCUT2D eigenvalue weighted by molar-refractivity contribution is 6.20. The first-order valence-electron chi connectivity index (χ1n) is 28.4. The molecule has 3 nitrogen and oxygen atoms in total. The zero-order chi connectivity index (χ0) is 49.3. The quantitative estimate of drug-likeness (QED) is 0.175. The van der Waals surface area contributed by atoms with Crippen molar-refractivity contribution >= 4 is 39.0 Å². The van der Waals surface area contributed by atoms with Crippen LogP contribution in [0, 0.1) is 11.3 Å². The van der Waals surface area contributed by atoms with Gasteiger partial charge in [-0.3, -0.25) is 0 Å². The Morgan fingerprint density at radius 1 is 0.459 bits per heavy atom. The van der Waals surface area contributed by atoms with Crippen LogP contribution in [-0.2, 0) is 10.8 Å². The summed E-state index contributed by atoms with van der Waals surface area (Å²) in [5.41, 5.74) is 23.1. The summed E-state index contributed by atoms with van der Waals surface area (Å²) in [6, 6.07) is 66.5. The highest BCUT2D eigenvalue weighted by Gasteiger charge is 2.64. The van der Waals surface area contributed by atoms with E-state index in [2.05, 4.69) is 207 Å². The summed E-state index contributed by atoms with van der Waals surface area (Å²) in [5.74, 6) is 0.788. The van der Waals surface area contributed by atoms with Crippen LogP contribution in [0.3, 0.4) is 0 Å². The van der Waals surface area contributed by atoms with Gasteiger partial charge in [-0.1, -0.05) is 174 Å². The molecule has 4 fully saturated rings. The monoisotopic (exact) mass is 963 g/mol. The normalized spacial score (nSPS) is 27.6. The van der Waals surface area contributed by atoms with E-state index in [0.717, 1.165) is 22.6 Å². The molecule has 0 N–H and O–H groups in total. The summed E-state index contributed by atoms with van der Waals surface area (Å²) < 4.78 is 7.16. The molecule has 3 heterocycles. The molecule has 1 aromatic heterocycles. The van der Waals surface area contributed by atoms with Crippen LogP contribution in [0.2, 0.25) is 0 Å². The Morgan fingerprint density at radius 2 is 1.08 bits per heavy atom.